The van der Waals surface area contributed by atoms with Crippen LogP contribution in [0, 0.1) is 0 Å². The Hall–Kier alpha value is -3.64. The lowest BCUT2D eigenvalue weighted by Crippen LogP contribution is -2.51. The summed E-state index contributed by atoms with van der Waals surface area (Å²) in [5, 5.41) is 2.96. The summed E-state index contributed by atoms with van der Waals surface area (Å²) in [7, 11) is 0. The van der Waals surface area contributed by atoms with E-state index in [2.05, 4.69) is 10.2 Å². The zero-order chi connectivity index (χ0) is 22.2. The standard InChI is InChI=1S/C26H27N3O3/c30-25(27-19-21-8-3-1-4-9-21)20-28-14-16-29(17-15-28)26(31)22-10-7-13-24(18-22)32-23-11-5-2-6-12-23/h1-13,18H,14-17,19-20H2,(H,27,30). The SMILES string of the molecule is O=C(CN1CCN(C(=O)c2cccc(Oc3ccccc3)c2)CC1)NCc1ccccc1. The number of para-hydroxylation sites is 1. The number of rotatable bonds is 7. The van der Waals surface area contributed by atoms with Crippen molar-refractivity contribution in [1.29, 1.82) is 0 Å². The number of ether oxygens (including phenoxy) is 1. The van der Waals surface area contributed by atoms with E-state index >= 15 is 0 Å². The number of hydrogen-bond donors (Lipinski definition) is 1. The zero-order valence-electron chi connectivity index (χ0n) is 17.9. The van der Waals surface area contributed by atoms with Crippen LogP contribution in [0.5, 0.6) is 11.5 Å². The van der Waals surface area contributed by atoms with E-state index in [1.54, 1.807) is 6.07 Å². The average molecular weight is 430 g/mol. The molecule has 32 heavy (non-hydrogen) atoms. The number of hydrogen-bond acceptors (Lipinski definition) is 4. The predicted molar refractivity (Wildman–Crippen MR) is 124 cm³/mol. The first-order valence-corrected chi connectivity index (χ1v) is 10.8. The molecule has 1 heterocycles. The monoisotopic (exact) mass is 429 g/mol. The molecular formula is C26H27N3O3. The van der Waals surface area contributed by atoms with Crippen LogP contribution in [0.15, 0.2) is 84.9 Å². The lowest BCUT2D eigenvalue weighted by atomic mass is 10.1. The first kappa shape index (κ1) is 21.6. The van der Waals surface area contributed by atoms with Gasteiger partial charge in [0.2, 0.25) is 5.91 Å². The molecule has 0 aromatic heterocycles. The van der Waals surface area contributed by atoms with Crippen molar-refractivity contribution in [2.24, 2.45) is 0 Å². The number of carbonyl (C=O) groups is 2. The van der Waals surface area contributed by atoms with Crippen molar-refractivity contribution in [2.45, 2.75) is 6.54 Å². The second-order valence-corrected chi connectivity index (χ2v) is 7.77. The first-order valence-electron chi connectivity index (χ1n) is 10.8. The van der Waals surface area contributed by atoms with Gasteiger partial charge in [-0.2, -0.15) is 0 Å². The third-order valence-electron chi connectivity index (χ3n) is 5.42. The topological polar surface area (TPSA) is 61.9 Å². The van der Waals surface area contributed by atoms with Crippen LogP contribution < -0.4 is 10.1 Å². The fraction of sp³-hybridized carbons (Fsp3) is 0.231. The van der Waals surface area contributed by atoms with Gasteiger partial charge in [-0.05, 0) is 35.9 Å². The van der Waals surface area contributed by atoms with Crippen molar-refractivity contribution < 1.29 is 14.3 Å². The zero-order valence-corrected chi connectivity index (χ0v) is 17.9. The molecule has 0 atom stereocenters. The number of piperazine rings is 1. The van der Waals surface area contributed by atoms with Gasteiger partial charge >= 0.3 is 0 Å². The molecule has 0 radical (unpaired) electrons. The van der Waals surface area contributed by atoms with Crippen molar-refractivity contribution in [3.8, 4) is 11.5 Å². The van der Waals surface area contributed by atoms with Crippen molar-refractivity contribution in [3.05, 3.63) is 96.1 Å². The van der Waals surface area contributed by atoms with Crippen LogP contribution in [0.2, 0.25) is 0 Å². The van der Waals surface area contributed by atoms with Gasteiger partial charge in [-0.3, -0.25) is 14.5 Å². The molecule has 6 heteroatoms. The average Bonchev–Trinajstić information content (AvgIpc) is 2.84. The van der Waals surface area contributed by atoms with Crippen molar-refractivity contribution >= 4 is 11.8 Å². The minimum absolute atomic E-state index is 0.000563. The Labute approximate surface area is 188 Å². The summed E-state index contributed by atoms with van der Waals surface area (Å²) < 4.78 is 5.85. The number of amides is 2. The molecule has 3 aromatic carbocycles. The Morgan fingerprint density at radius 1 is 0.781 bits per heavy atom. The summed E-state index contributed by atoms with van der Waals surface area (Å²) in [4.78, 5) is 29.1. The summed E-state index contributed by atoms with van der Waals surface area (Å²) in [6.07, 6.45) is 0. The van der Waals surface area contributed by atoms with Gasteiger partial charge in [0, 0.05) is 38.3 Å². The Morgan fingerprint density at radius 2 is 1.44 bits per heavy atom. The van der Waals surface area contributed by atoms with E-state index in [0.29, 0.717) is 50.6 Å². The molecule has 0 spiro atoms. The fourth-order valence-corrected chi connectivity index (χ4v) is 3.66. The molecule has 0 bridgehead atoms. The summed E-state index contributed by atoms with van der Waals surface area (Å²) in [5.74, 6) is 1.35. The quantitative estimate of drug-likeness (QED) is 0.624. The molecule has 1 aliphatic rings. The third kappa shape index (κ3) is 5.95. The van der Waals surface area contributed by atoms with Gasteiger partial charge in [-0.25, -0.2) is 0 Å². The van der Waals surface area contributed by atoms with Gasteiger partial charge in [-0.15, -0.1) is 0 Å². The Balaban J connectivity index is 1.25. The number of carbonyl (C=O) groups excluding carboxylic acids is 2. The smallest absolute Gasteiger partial charge is 0.254 e. The highest BCUT2D eigenvalue weighted by Gasteiger charge is 2.23. The normalized spacial score (nSPS) is 14.1. The Morgan fingerprint density at radius 3 is 2.16 bits per heavy atom. The minimum atomic E-state index is -0.0170. The van der Waals surface area contributed by atoms with E-state index in [4.69, 9.17) is 4.74 Å². The van der Waals surface area contributed by atoms with Crippen LogP contribution in [-0.2, 0) is 11.3 Å². The molecule has 1 N–H and O–H groups in total. The molecule has 2 amide bonds. The molecule has 0 aliphatic carbocycles. The fourth-order valence-electron chi connectivity index (χ4n) is 3.66. The number of nitrogens with zero attached hydrogens (tertiary/aromatic N) is 2. The lowest BCUT2D eigenvalue weighted by molar-refractivity contribution is -0.122. The Kier molecular flexibility index (Phi) is 7.15. The maximum Gasteiger partial charge on any atom is 0.254 e. The van der Waals surface area contributed by atoms with E-state index in [0.717, 1.165) is 11.3 Å². The second kappa shape index (κ2) is 10.6. The van der Waals surface area contributed by atoms with Crippen LogP contribution in [0.1, 0.15) is 15.9 Å². The Bertz CT molecular complexity index is 1030. The number of benzene rings is 3. The summed E-state index contributed by atoms with van der Waals surface area (Å²) in [6.45, 7) is 3.40. The van der Waals surface area contributed by atoms with Crippen LogP contribution in [0.4, 0.5) is 0 Å². The van der Waals surface area contributed by atoms with Crippen LogP contribution in [0.25, 0.3) is 0 Å². The van der Waals surface area contributed by atoms with Crippen LogP contribution in [-0.4, -0.2) is 54.3 Å². The second-order valence-electron chi connectivity index (χ2n) is 7.77. The van der Waals surface area contributed by atoms with Crippen molar-refractivity contribution in [2.75, 3.05) is 32.7 Å². The maximum absolute atomic E-state index is 13.0. The highest BCUT2D eigenvalue weighted by atomic mass is 16.5. The highest BCUT2D eigenvalue weighted by molar-refractivity contribution is 5.94. The van der Waals surface area contributed by atoms with Crippen molar-refractivity contribution in [1.82, 2.24) is 15.1 Å². The molecular weight excluding hydrogens is 402 g/mol. The molecule has 164 valence electrons. The van der Waals surface area contributed by atoms with Crippen LogP contribution in [0.3, 0.4) is 0 Å². The van der Waals surface area contributed by atoms with Gasteiger partial charge in [0.15, 0.2) is 0 Å². The van der Waals surface area contributed by atoms with E-state index in [1.807, 2.05) is 83.8 Å². The molecule has 0 saturated carbocycles. The number of nitrogens with one attached hydrogen (secondary N) is 1. The minimum Gasteiger partial charge on any atom is -0.457 e. The van der Waals surface area contributed by atoms with Gasteiger partial charge in [0.1, 0.15) is 11.5 Å². The van der Waals surface area contributed by atoms with E-state index in [9.17, 15) is 9.59 Å². The van der Waals surface area contributed by atoms with Gasteiger partial charge in [0.25, 0.3) is 5.91 Å². The van der Waals surface area contributed by atoms with Crippen LogP contribution >= 0.6 is 0 Å². The highest BCUT2D eigenvalue weighted by Crippen LogP contribution is 2.22. The molecule has 3 aromatic rings. The first-order chi connectivity index (χ1) is 15.7. The molecule has 4 rings (SSSR count). The predicted octanol–water partition coefficient (Wildman–Crippen LogP) is 3.55. The lowest BCUT2D eigenvalue weighted by Gasteiger charge is -2.34. The van der Waals surface area contributed by atoms with Gasteiger partial charge < -0.3 is 15.0 Å². The van der Waals surface area contributed by atoms with E-state index in [1.165, 1.54) is 0 Å². The molecule has 6 nitrogen and oxygen atoms in total. The summed E-state index contributed by atoms with van der Waals surface area (Å²) in [6, 6.07) is 26.6. The molecule has 1 saturated heterocycles. The van der Waals surface area contributed by atoms with Gasteiger partial charge in [-0.1, -0.05) is 54.6 Å². The molecule has 1 fully saturated rings. The maximum atomic E-state index is 13.0. The summed E-state index contributed by atoms with van der Waals surface area (Å²) >= 11 is 0. The van der Waals surface area contributed by atoms with Gasteiger partial charge in [0.05, 0.1) is 6.54 Å². The molecule has 1 aliphatic heterocycles. The van der Waals surface area contributed by atoms with E-state index < -0.39 is 0 Å². The van der Waals surface area contributed by atoms with E-state index in [-0.39, 0.29) is 11.8 Å². The van der Waals surface area contributed by atoms with Crippen molar-refractivity contribution in [3.63, 3.8) is 0 Å². The largest absolute Gasteiger partial charge is 0.457 e. The summed E-state index contributed by atoms with van der Waals surface area (Å²) in [5.41, 5.74) is 1.68. The molecule has 0 unspecified atom stereocenters. The third-order valence-corrected chi connectivity index (χ3v) is 5.42.